The van der Waals surface area contributed by atoms with Crippen molar-refractivity contribution in [2.75, 3.05) is 24.8 Å². The van der Waals surface area contributed by atoms with Crippen LogP contribution in [0, 0.1) is 0 Å². The molecule has 2 aliphatic rings. The zero-order chi connectivity index (χ0) is 18.7. The van der Waals surface area contributed by atoms with Crippen LogP contribution in [0.25, 0.3) is 0 Å². The Labute approximate surface area is 176 Å². The molecule has 1 aliphatic heterocycles. The highest BCUT2D eigenvalue weighted by Crippen LogP contribution is 2.34. The summed E-state index contributed by atoms with van der Waals surface area (Å²) in [5.74, 6) is 1.39. The van der Waals surface area contributed by atoms with E-state index in [2.05, 4.69) is 4.90 Å². The second kappa shape index (κ2) is 9.89. The summed E-state index contributed by atoms with van der Waals surface area (Å²) < 4.78 is 5.22. The van der Waals surface area contributed by atoms with Crippen LogP contribution in [-0.2, 0) is 4.79 Å². The van der Waals surface area contributed by atoms with Crippen LogP contribution in [-0.4, -0.2) is 48.1 Å². The maximum absolute atomic E-state index is 12.4. The first-order chi connectivity index (χ1) is 12.5. The predicted molar refractivity (Wildman–Crippen MR) is 117 cm³/mol. The number of thioether (sulfide) groups is 1. The van der Waals surface area contributed by atoms with Crippen LogP contribution >= 0.6 is 35.8 Å². The van der Waals surface area contributed by atoms with Gasteiger partial charge in [0, 0.05) is 25.4 Å². The van der Waals surface area contributed by atoms with Crippen LogP contribution < -0.4 is 9.64 Å². The summed E-state index contributed by atoms with van der Waals surface area (Å²) in [4.78, 5) is 21.3. The third kappa shape index (κ3) is 5.04. The Morgan fingerprint density at radius 1 is 1.33 bits per heavy atom. The zero-order valence-corrected chi connectivity index (χ0v) is 18.4. The molecule has 1 saturated heterocycles. The van der Waals surface area contributed by atoms with E-state index in [4.69, 9.17) is 21.3 Å². The van der Waals surface area contributed by atoms with Crippen molar-refractivity contribution in [3.63, 3.8) is 0 Å². The number of hydrogen-bond donors (Lipinski definition) is 0. The number of amides is 1. The molecule has 27 heavy (non-hydrogen) atoms. The SMILES string of the molecule is COc1ccc(N(C(C)=O)C2CSC(=NC3CCCCC3)N2C)cc1Cl.Cl. The molecule has 0 bridgehead atoms. The quantitative estimate of drug-likeness (QED) is 0.685. The van der Waals surface area contributed by atoms with Gasteiger partial charge in [-0.05, 0) is 31.0 Å². The number of carbonyl (C=O) groups excluding carboxylic acids is 1. The first-order valence-electron chi connectivity index (χ1n) is 9.08. The number of nitrogens with zero attached hydrogens (tertiary/aromatic N) is 3. The molecule has 1 aromatic rings. The number of amidine groups is 1. The average molecular weight is 432 g/mol. The van der Waals surface area contributed by atoms with E-state index in [9.17, 15) is 4.79 Å². The van der Waals surface area contributed by atoms with E-state index >= 15 is 0 Å². The van der Waals surface area contributed by atoms with Crippen molar-refractivity contribution in [2.45, 2.75) is 51.2 Å². The smallest absolute Gasteiger partial charge is 0.225 e. The van der Waals surface area contributed by atoms with Crippen LogP contribution in [0.3, 0.4) is 0 Å². The van der Waals surface area contributed by atoms with Gasteiger partial charge in [-0.2, -0.15) is 0 Å². The number of carbonyl (C=O) groups is 1. The minimum atomic E-state index is -0.0655. The molecule has 150 valence electrons. The Kier molecular flexibility index (Phi) is 8.13. The third-order valence-corrected chi connectivity index (χ3v) is 6.44. The molecule has 0 aromatic heterocycles. The van der Waals surface area contributed by atoms with Crippen LogP contribution in [0.2, 0.25) is 5.02 Å². The number of hydrogen-bond acceptors (Lipinski definition) is 4. The normalized spacial score (nSPS) is 21.9. The van der Waals surface area contributed by atoms with Crippen molar-refractivity contribution < 1.29 is 9.53 Å². The molecule has 8 heteroatoms. The minimum Gasteiger partial charge on any atom is -0.495 e. The van der Waals surface area contributed by atoms with Crippen molar-refractivity contribution in [3.05, 3.63) is 23.2 Å². The number of rotatable bonds is 4. The van der Waals surface area contributed by atoms with Crippen molar-refractivity contribution >= 4 is 52.5 Å². The van der Waals surface area contributed by atoms with Crippen LogP contribution in [0.4, 0.5) is 5.69 Å². The zero-order valence-electron chi connectivity index (χ0n) is 16.0. The van der Waals surface area contributed by atoms with Gasteiger partial charge in [0.25, 0.3) is 0 Å². The van der Waals surface area contributed by atoms with Crippen molar-refractivity contribution in [1.82, 2.24) is 4.90 Å². The van der Waals surface area contributed by atoms with E-state index < -0.39 is 0 Å². The summed E-state index contributed by atoms with van der Waals surface area (Å²) in [6, 6.07) is 5.89. The van der Waals surface area contributed by atoms with Crippen molar-refractivity contribution in [2.24, 2.45) is 4.99 Å². The first kappa shape index (κ1) is 22.2. The van der Waals surface area contributed by atoms with Gasteiger partial charge >= 0.3 is 0 Å². The molecule has 1 unspecified atom stereocenters. The predicted octanol–water partition coefficient (Wildman–Crippen LogP) is 4.82. The Morgan fingerprint density at radius 3 is 2.63 bits per heavy atom. The highest BCUT2D eigenvalue weighted by Gasteiger charge is 2.35. The molecule has 0 spiro atoms. The van der Waals surface area contributed by atoms with E-state index in [-0.39, 0.29) is 24.5 Å². The summed E-state index contributed by atoms with van der Waals surface area (Å²) in [6.45, 7) is 1.59. The topological polar surface area (TPSA) is 45.1 Å². The fourth-order valence-electron chi connectivity index (χ4n) is 3.60. The number of aliphatic imine (C=N–C) groups is 1. The number of benzene rings is 1. The molecule has 1 amide bonds. The summed E-state index contributed by atoms with van der Waals surface area (Å²) in [6.07, 6.45) is 6.14. The molecule has 1 aliphatic carbocycles. The summed E-state index contributed by atoms with van der Waals surface area (Å²) in [5.41, 5.74) is 0.777. The van der Waals surface area contributed by atoms with Gasteiger partial charge in [0.1, 0.15) is 11.9 Å². The molecule has 1 saturated carbocycles. The molecular formula is C19H27Cl2N3O2S. The van der Waals surface area contributed by atoms with Crippen molar-refractivity contribution in [3.8, 4) is 5.75 Å². The second-order valence-electron chi connectivity index (χ2n) is 6.81. The average Bonchev–Trinajstić information content (AvgIpc) is 2.97. The van der Waals surface area contributed by atoms with E-state index in [0.717, 1.165) is 16.6 Å². The van der Waals surface area contributed by atoms with Gasteiger partial charge in [-0.3, -0.25) is 14.7 Å². The Morgan fingerprint density at radius 2 is 2.04 bits per heavy atom. The lowest BCUT2D eigenvalue weighted by atomic mass is 9.96. The third-order valence-electron chi connectivity index (χ3n) is 5.03. The number of halogens is 2. The van der Waals surface area contributed by atoms with Crippen LogP contribution in [0.5, 0.6) is 5.75 Å². The molecule has 0 radical (unpaired) electrons. The number of ether oxygens (including phenoxy) is 1. The lowest BCUT2D eigenvalue weighted by molar-refractivity contribution is -0.117. The highest BCUT2D eigenvalue weighted by molar-refractivity contribution is 8.14. The lowest BCUT2D eigenvalue weighted by Crippen LogP contribution is -2.48. The van der Waals surface area contributed by atoms with E-state index in [1.165, 1.54) is 32.1 Å². The number of methoxy groups -OCH3 is 1. The van der Waals surface area contributed by atoms with Gasteiger partial charge in [0.05, 0.1) is 18.2 Å². The summed E-state index contributed by atoms with van der Waals surface area (Å²) >= 11 is 8.00. The van der Waals surface area contributed by atoms with Crippen LogP contribution in [0.1, 0.15) is 39.0 Å². The van der Waals surface area contributed by atoms with E-state index in [1.54, 1.807) is 42.8 Å². The Balaban J connectivity index is 0.00000261. The van der Waals surface area contributed by atoms with Gasteiger partial charge in [-0.25, -0.2) is 0 Å². The number of anilines is 1. The highest BCUT2D eigenvalue weighted by atomic mass is 35.5. The Bertz CT molecular complexity index is 696. The first-order valence-corrected chi connectivity index (χ1v) is 10.4. The monoisotopic (exact) mass is 431 g/mol. The Hall–Kier alpha value is -1.11. The molecule has 3 rings (SSSR count). The standard InChI is InChI=1S/C19H26ClN3O2S.ClH/c1-13(24)23(15-9-10-17(25-3)16(20)11-15)18-12-26-19(22(18)2)21-14-7-5-4-6-8-14;/h9-11,14,18H,4-8,12H2,1-3H3;1H. The van der Waals surface area contributed by atoms with Gasteiger partial charge in [0.2, 0.25) is 5.91 Å². The molecule has 5 nitrogen and oxygen atoms in total. The molecule has 1 atom stereocenters. The molecule has 0 N–H and O–H groups in total. The lowest BCUT2D eigenvalue weighted by Gasteiger charge is -2.33. The van der Waals surface area contributed by atoms with Gasteiger partial charge in [0.15, 0.2) is 5.17 Å². The van der Waals surface area contributed by atoms with E-state index in [0.29, 0.717) is 16.8 Å². The van der Waals surface area contributed by atoms with Crippen LogP contribution in [0.15, 0.2) is 23.2 Å². The molecular weight excluding hydrogens is 405 g/mol. The second-order valence-corrected chi connectivity index (χ2v) is 8.21. The maximum Gasteiger partial charge on any atom is 0.225 e. The minimum absolute atomic E-state index is 0. The fourth-order valence-corrected chi connectivity index (χ4v) is 5.07. The largest absolute Gasteiger partial charge is 0.495 e. The van der Waals surface area contributed by atoms with Gasteiger partial charge < -0.3 is 9.64 Å². The molecule has 1 heterocycles. The van der Waals surface area contributed by atoms with Gasteiger partial charge in [-0.15, -0.1) is 12.4 Å². The molecule has 2 fully saturated rings. The summed E-state index contributed by atoms with van der Waals surface area (Å²) in [7, 11) is 3.60. The fraction of sp³-hybridized carbons (Fsp3) is 0.579. The van der Waals surface area contributed by atoms with Gasteiger partial charge in [-0.1, -0.05) is 42.6 Å². The maximum atomic E-state index is 12.4. The molecule has 1 aromatic carbocycles. The van der Waals surface area contributed by atoms with Crippen molar-refractivity contribution in [1.29, 1.82) is 0 Å². The summed E-state index contributed by atoms with van der Waals surface area (Å²) in [5, 5.41) is 1.54. The van der Waals surface area contributed by atoms with E-state index in [1.807, 2.05) is 13.1 Å².